The number of rotatable bonds is 10. The van der Waals surface area contributed by atoms with Crippen molar-refractivity contribution < 1.29 is 4.79 Å². The van der Waals surface area contributed by atoms with Gasteiger partial charge in [0.25, 0.3) is 0 Å². The molecule has 0 heterocycles. The van der Waals surface area contributed by atoms with Crippen LogP contribution in [0.3, 0.4) is 0 Å². The van der Waals surface area contributed by atoms with Gasteiger partial charge in [0.15, 0.2) is 0 Å². The second-order valence-electron chi connectivity index (χ2n) is 5.15. The van der Waals surface area contributed by atoms with Crippen molar-refractivity contribution in [2.75, 3.05) is 13.1 Å². The first-order chi connectivity index (χ1) is 8.13. The third kappa shape index (κ3) is 8.19. The van der Waals surface area contributed by atoms with Crippen LogP contribution < -0.4 is 11.1 Å². The van der Waals surface area contributed by atoms with Gasteiger partial charge in [-0.25, -0.2) is 0 Å². The number of nitrogens with two attached hydrogens (primary N) is 1. The largest absolute Gasteiger partial charge is 0.356 e. The minimum absolute atomic E-state index is 0.0323. The molecule has 0 saturated heterocycles. The van der Waals surface area contributed by atoms with E-state index >= 15 is 0 Å². The number of hydrogen-bond donors (Lipinski definition) is 2. The predicted molar refractivity (Wildman–Crippen MR) is 73.8 cm³/mol. The maximum Gasteiger partial charge on any atom is 0.224 e. The molecule has 102 valence electrons. The summed E-state index contributed by atoms with van der Waals surface area (Å²) in [5.41, 5.74) is 5.60. The highest BCUT2D eigenvalue weighted by atomic mass is 16.1. The smallest absolute Gasteiger partial charge is 0.224 e. The molecule has 17 heavy (non-hydrogen) atoms. The van der Waals surface area contributed by atoms with Crippen LogP contribution in [-0.2, 0) is 4.79 Å². The Balaban J connectivity index is 3.50. The molecule has 0 radical (unpaired) electrons. The van der Waals surface area contributed by atoms with Crippen molar-refractivity contribution in [1.29, 1.82) is 0 Å². The molecule has 0 aromatic carbocycles. The third-order valence-electron chi connectivity index (χ3n) is 3.23. The molecule has 0 bridgehead atoms. The van der Waals surface area contributed by atoms with Gasteiger partial charge in [-0.3, -0.25) is 4.79 Å². The van der Waals surface area contributed by atoms with E-state index in [0.29, 0.717) is 12.5 Å². The Morgan fingerprint density at radius 1 is 1.12 bits per heavy atom. The standard InChI is InChI=1S/C14H30N2O/c1-4-5-6-7-8-9-10-16-14(17)13(11-15)12(2)3/h12-13H,4-11,15H2,1-3H3,(H,16,17). The van der Waals surface area contributed by atoms with Gasteiger partial charge in [-0.2, -0.15) is 0 Å². The van der Waals surface area contributed by atoms with E-state index in [1.807, 2.05) is 13.8 Å². The van der Waals surface area contributed by atoms with Gasteiger partial charge in [0.05, 0.1) is 5.92 Å². The Bertz CT molecular complexity index is 193. The minimum atomic E-state index is -0.0323. The van der Waals surface area contributed by atoms with Gasteiger partial charge in [-0.15, -0.1) is 0 Å². The molecule has 0 aromatic rings. The van der Waals surface area contributed by atoms with Gasteiger partial charge in [-0.05, 0) is 12.3 Å². The zero-order valence-corrected chi connectivity index (χ0v) is 11.8. The molecule has 3 nitrogen and oxygen atoms in total. The van der Waals surface area contributed by atoms with Gasteiger partial charge in [-0.1, -0.05) is 52.9 Å². The van der Waals surface area contributed by atoms with Crippen molar-refractivity contribution in [1.82, 2.24) is 5.32 Å². The molecule has 0 spiro atoms. The molecule has 1 atom stereocenters. The van der Waals surface area contributed by atoms with Crippen LogP contribution >= 0.6 is 0 Å². The van der Waals surface area contributed by atoms with Crippen LogP contribution in [0.15, 0.2) is 0 Å². The van der Waals surface area contributed by atoms with Crippen LogP contribution in [0.2, 0.25) is 0 Å². The molecule has 0 rings (SSSR count). The number of carbonyl (C=O) groups is 1. The SMILES string of the molecule is CCCCCCCCNC(=O)C(CN)C(C)C. The van der Waals surface area contributed by atoms with Crippen LogP contribution in [0.5, 0.6) is 0 Å². The van der Waals surface area contributed by atoms with Gasteiger partial charge in [0.1, 0.15) is 0 Å². The Kier molecular flexibility index (Phi) is 10.2. The maximum absolute atomic E-state index is 11.8. The van der Waals surface area contributed by atoms with Gasteiger partial charge >= 0.3 is 0 Å². The number of carbonyl (C=O) groups excluding carboxylic acids is 1. The second kappa shape index (κ2) is 10.6. The zero-order valence-electron chi connectivity index (χ0n) is 11.8. The van der Waals surface area contributed by atoms with Crippen LogP contribution in [0.4, 0.5) is 0 Å². The molecule has 0 saturated carbocycles. The molecular formula is C14H30N2O. The highest BCUT2D eigenvalue weighted by Crippen LogP contribution is 2.09. The summed E-state index contributed by atoms with van der Waals surface area (Å²) in [4.78, 5) is 11.8. The van der Waals surface area contributed by atoms with Crippen LogP contribution in [-0.4, -0.2) is 19.0 Å². The summed E-state index contributed by atoms with van der Waals surface area (Å²) in [5.74, 6) is 0.413. The Morgan fingerprint density at radius 2 is 1.71 bits per heavy atom. The number of unbranched alkanes of at least 4 members (excludes halogenated alkanes) is 5. The summed E-state index contributed by atoms with van der Waals surface area (Å²) >= 11 is 0. The topological polar surface area (TPSA) is 55.1 Å². The summed E-state index contributed by atoms with van der Waals surface area (Å²) in [7, 11) is 0. The lowest BCUT2D eigenvalue weighted by atomic mass is 9.95. The van der Waals surface area contributed by atoms with Gasteiger partial charge in [0, 0.05) is 13.1 Å². The molecule has 0 fully saturated rings. The van der Waals surface area contributed by atoms with Crippen LogP contribution in [0.1, 0.15) is 59.3 Å². The minimum Gasteiger partial charge on any atom is -0.356 e. The zero-order chi connectivity index (χ0) is 13.1. The van der Waals surface area contributed by atoms with E-state index < -0.39 is 0 Å². The monoisotopic (exact) mass is 242 g/mol. The molecule has 1 amide bonds. The summed E-state index contributed by atoms with van der Waals surface area (Å²) < 4.78 is 0. The van der Waals surface area contributed by atoms with E-state index in [4.69, 9.17) is 5.73 Å². The van der Waals surface area contributed by atoms with Crippen molar-refractivity contribution in [3.63, 3.8) is 0 Å². The Morgan fingerprint density at radius 3 is 2.24 bits per heavy atom. The van der Waals surface area contributed by atoms with Crippen LogP contribution in [0, 0.1) is 11.8 Å². The van der Waals surface area contributed by atoms with E-state index in [9.17, 15) is 4.79 Å². The first kappa shape index (κ1) is 16.4. The first-order valence-electron chi connectivity index (χ1n) is 7.11. The number of nitrogens with one attached hydrogen (secondary N) is 1. The molecule has 3 heteroatoms. The summed E-state index contributed by atoms with van der Waals surface area (Å²) in [6, 6.07) is 0. The third-order valence-corrected chi connectivity index (χ3v) is 3.23. The number of hydrogen-bond acceptors (Lipinski definition) is 2. The Labute approximate surface area is 107 Å². The predicted octanol–water partition coefficient (Wildman–Crippen LogP) is 2.69. The van der Waals surface area contributed by atoms with E-state index in [2.05, 4.69) is 12.2 Å². The highest BCUT2D eigenvalue weighted by molar-refractivity contribution is 5.79. The van der Waals surface area contributed by atoms with E-state index in [1.165, 1.54) is 32.1 Å². The molecular weight excluding hydrogens is 212 g/mol. The van der Waals surface area contributed by atoms with Crippen LogP contribution in [0.25, 0.3) is 0 Å². The normalized spacial score (nSPS) is 12.8. The van der Waals surface area contributed by atoms with E-state index in [-0.39, 0.29) is 11.8 Å². The second-order valence-corrected chi connectivity index (χ2v) is 5.15. The lowest BCUT2D eigenvalue weighted by molar-refractivity contribution is -0.125. The molecule has 3 N–H and O–H groups in total. The molecule has 0 aliphatic rings. The number of amides is 1. The molecule has 0 aromatic heterocycles. The molecule has 0 aliphatic carbocycles. The lowest BCUT2D eigenvalue weighted by Crippen LogP contribution is -2.38. The quantitative estimate of drug-likeness (QED) is 0.579. The highest BCUT2D eigenvalue weighted by Gasteiger charge is 2.19. The summed E-state index contributed by atoms with van der Waals surface area (Å²) in [6.45, 7) is 7.55. The summed E-state index contributed by atoms with van der Waals surface area (Å²) in [6.07, 6.45) is 7.52. The van der Waals surface area contributed by atoms with Crippen molar-refractivity contribution in [2.45, 2.75) is 59.3 Å². The fraction of sp³-hybridized carbons (Fsp3) is 0.929. The van der Waals surface area contributed by atoms with Gasteiger partial charge < -0.3 is 11.1 Å². The van der Waals surface area contributed by atoms with Gasteiger partial charge in [0.2, 0.25) is 5.91 Å². The maximum atomic E-state index is 11.8. The molecule has 1 unspecified atom stereocenters. The first-order valence-corrected chi connectivity index (χ1v) is 7.11. The fourth-order valence-corrected chi connectivity index (χ4v) is 1.93. The van der Waals surface area contributed by atoms with Crippen molar-refractivity contribution in [2.24, 2.45) is 17.6 Å². The molecule has 0 aliphatic heterocycles. The lowest BCUT2D eigenvalue weighted by Gasteiger charge is -2.18. The van der Waals surface area contributed by atoms with Crippen molar-refractivity contribution in [3.05, 3.63) is 0 Å². The average molecular weight is 242 g/mol. The fourth-order valence-electron chi connectivity index (χ4n) is 1.93. The van der Waals surface area contributed by atoms with E-state index in [1.54, 1.807) is 0 Å². The summed E-state index contributed by atoms with van der Waals surface area (Å²) in [5, 5.41) is 2.99. The Hall–Kier alpha value is -0.570. The van der Waals surface area contributed by atoms with Crippen molar-refractivity contribution >= 4 is 5.91 Å². The van der Waals surface area contributed by atoms with E-state index in [0.717, 1.165) is 13.0 Å². The van der Waals surface area contributed by atoms with Crippen molar-refractivity contribution in [3.8, 4) is 0 Å². The average Bonchev–Trinajstić information content (AvgIpc) is 2.28.